The van der Waals surface area contributed by atoms with Gasteiger partial charge in [0, 0.05) is 32.7 Å². The van der Waals surface area contributed by atoms with Gasteiger partial charge < -0.3 is 19.5 Å². The second-order valence-corrected chi connectivity index (χ2v) is 6.95. The van der Waals surface area contributed by atoms with Gasteiger partial charge in [-0.2, -0.15) is 0 Å². The Morgan fingerprint density at radius 3 is 2.60 bits per heavy atom. The zero-order valence-electron chi connectivity index (χ0n) is 13.3. The van der Waals surface area contributed by atoms with Crippen LogP contribution >= 0.6 is 31.9 Å². The van der Waals surface area contributed by atoms with Crippen LogP contribution in [0.4, 0.5) is 5.69 Å². The zero-order chi connectivity index (χ0) is 17.8. The lowest BCUT2D eigenvalue weighted by Crippen LogP contribution is -2.16. The molecular formula is C18H15Br2NO4. The predicted octanol–water partition coefficient (Wildman–Crippen LogP) is 4.64. The van der Waals surface area contributed by atoms with Crippen LogP contribution in [0.25, 0.3) is 6.08 Å². The molecule has 0 aliphatic carbocycles. The van der Waals surface area contributed by atoms with Crippen LogP contribution < -0.4 is 19.5 Å². The van der Waals surface area contributed by atoms with Crippen molar-refractivity contribution in [3.63, 3.8) is 0 Å². The first kappa shape index (κ1) is 17.8. The molecule has 130 valence electrons. The third kappa shape index (κ3) is 4.35. The molecule has 25 heavy (non-hydrogen) atoms. The van der Waals surface area contributed by atoms with E-state index in [4.69, 9.17) is 14.2 Å². The van der Waals surface area contributed by atoms with Gasteiger partial charge in [-0.15, -0.1) is 0 Å². The van der Waals surface area contributed by atoms with Crippen molar-refractivity contribution in [1.82, 2.24) is 0 Å². The van der Waals surface area contributed by atoms with Crippen LogP contribution in [0, 0.1) is 0 Å². The lowest BCUT2D eigenvalue weighted by molar-refractivity contribution is -0.111. The lowest BCUT2D eigenvalue weighted by Gasteiger charge is -2.19. The highest BCUT2D eigenvalue weighted by Gasteiger charge is 2.15. The molecule has 0 saturated heterocycles. The van der Waals surface area contributed by atoms with Gasteiger partial charge in [-0.3, -0.25) is 4.79 Å². The number of ether oxygens (including phenoxy) is 3. The van der Waals surface area contributed by atoms with Gasteiger partial charge in [-0.1, -0.05) is 15.9 Å². The van der Waals surface area contributed by atoms with Gasteiger partial charge in [0.1, 0.15) is 19.0 Å². The molecule has 5 nitrogen and oxygen atoms in total. The molecule has 0 aromatic heterocycles. The standard InChI is InChI=1S/C18H15Br2NO4/c1-23-15-4-3-12(19)8-11(15)2-5-18(22)21-14-10-17-16(9-13(14)20)24-6-7-25-17/h2-5,8-10H,6-7H2,1H3,(H,21,22)/b5-2+. The van der Waals surface area contributed by atoms with E-state index in [2.05, 4.69) is 37.2 Å². The molecule has 0 radical (unpaired) electrons. The second kappa shape index (κ2) is 7.93. The molecule has 1 heterocycles. The van der Waals surface area contributed by atoms with Gasteiger partial charge in [-0.25, -0.2) is 0 Å². The van der Waals surface area contributed by atoms with Crippen molar-refractivity contribution in [2.75, 3.05) is 25.6 Å². The molecule has 2 aromatic rings. The van der Waals surface area contributed by atoms with E-state index in [0.29, 0.717) is 36.1 Å². The predicted molar refractivity (Wildman–Crippen MR) is 103 cm³/mol. The van der Waals surface area contributed by atoms with Crippen LogP contribution in [0.2, 0.25) is 0 Å². The Kier molecular flexibility index (Phi) is 5.65. The summed E-state index contributed by atoms with van der Waals surface area (Å²) in [6.45, 7) is 1.01. The van der Waals surface area contributed by atoms with Crippen molar-refractivity contribution in [3.05, 3.63) is 50.9 Å². The summed E-state index contributed by atoms with van der Waals surface area (Å²) in [6.07, 6.45) is 3.15. The molecule has 3 rings (SSSR count). The van der Waals surface area contributed by atoms with Gasteiger partial charge >= 0.3 is 0 Å². The second-order valence-electron chi connectivity index (χ2n) is 5.18. The Hall–Kier alpha value is -1.99. The van der Waals surface area contributed by atoms with Crippen LogP contribution in [0.15, 0.2) is 45.4 Å². The number of nitrogens with one attached hydrogen (secondary N) is 1. The van der Waals surface area contributed by atoms with Crippen LogP contribution in [0.5, 0.6) is 17.2 Å². The topological polar surface area (TPSA) is 56.8 Å². The number of fused-ring (bicyclic) bond motifs is 1. The van der Waals surface area contributed by atoms with Crippen molar-refractivity contribution in [2.45, 2.75) is 0 Å². The Morgan fingerprint density at radius 1 is 1.16 bits per heavy atom. The van der Waals surface area contributed by atoms with Crippen LogP contribution in [-0.2, 0) is 4.79 Å². The van der Waals surface area contributed by atoms with Gasteiger partial charge in [-0.05, 0) is 40.2 Å². The molecule has 0 unspecified atom stereocenters. The highest BCUT2D eigenvalue weighted by Crippen LogP contribution is 2.38. The quantitative estimate of drug-likeness (QED) is 0.664. The largest absolute Gasteiger partial charge is 0.496 e. The number of hydrogen-bond donors (Lipinski definition) is 1. The Labute approximate surface area is 162 Å². The third-order valence-corrected chi connectivity index (χ3v) is 4.65. The zero-order valence-corrected chi connectivity index (χ0v) is 16.5. The van der Waals surface area contributed by atoms with E-state index in [9.17, 15) is 4.79 Å². The minimum Gasteiger partial charge on any atom is -0.496 e. The average Bonchev–Trinajstić information content (AvgIpc) is 2.60. The highest BCUT2D eigenvalue weighted by atomic mass is 79.9. The van der Waals surface area contributed by atoms with Crippen molar-refractivity contribution >= 4 is 49.5 Å². The molecule has 0 saturated carbocycles. The van der Waals surface area contributed by atoms with Gasteiger partial charge in [0.15, 0.2) is 11.5 Å². The van der Waals surface area contributed by atoms with Crippen molar-refractivity contribution < 1.29 is 19.0 Å². The summed E-state index contributed by atoms with van der Waals surface area (Å²) in [5, 5.41) is 2.82. The number of rotatable bonds is 4. The summed E-state index contributed by atoms with van der Waals surface area (Å²) in [4.78, 5) is 12.2. The number of carbonyl (C=O) groups excluding carboxylic acids is 1. The number of hydrogen-bond acceptors (Lipinski definition) is 4. The molecule has 1 aliphatic rings. The maximum atomic E-state index is 12.2. The first-order valence-corrected chi connectivity index (χ1v) is 9.07. The number of amides is 1. The minimum absolute atomic E-state index is 0.264. The lowest BCUT2D eigenvalue weighted by atomic mass is 10.2. The summed E-state index contributed by atoms with van der Waals surface area (Å²) in [5.74, 6) is 1.69. The fourth-order valence-corrected chi connectivity index (χ4v) is 3.14. The van der Waals surface area contributed by atoms with E-state index < -0.39 is 0 Å². The maximum absolute atomic E-state index is 12.2. The third-order valence-electron chi connectivity index (χ3n) is 3.50. The summed E-state index contributed by atoms with van der Waals surface area (Å²) in [7, 11) is 1.59. The molecule has 0 spiro atoms. The summed E-state index contributed by atoms with van der Waals surface area (Å²) in [5.41, 5.74) is 1.41. The number of methoxy groups -OCH3 is 1. The van der Waals surface area contributed by atoms with Crippen LogP contribution in [0.3, 0.4) is 0 Å². The van der Waals surface area contributed by atoms with E-state index >= 15 is 0 Å². The van der Waals surface area contributed by atoms with E-state index in [-0.39, 0.29) is 5.91 Å². The van der Waals surface area contributed by atoms with E-state index in [1.165, 1.54) is 6.08 Å². The molecule has 7 heteroatoms. The smallest absolute Gasteiger partial charge is 0.248 e. The van der Waals surface area contributed by atoms with Crippen LogP contribution in [-0.4, -0.2) is 26.2 Å². The molecular weight excluding hydrogens is 454 g/mol. The minimum atomic E-state index is -0.264. The van der Waals surface area contributed by atoms with Crippen molar-refractivity contribution in [1.29, 1.82) is 0 Å². The molecule has 1 amide bonds. The molecule has 1 N–H and O–H groups in total. The molecule has 1 aliphatic heterocycles. The fourth-order valence-electron chi connectivity index (χ4n) is 2.34. The first-order chi connectivity index (χ1) is 12.1. The summed E-state index contributed by atoms with van der Waals surface area (Å²) in [6, 6.07) is 9.11. The first-order valence-electron chi connectivity index (χ1n) is 7.48. The number of halogens is 2. The van der Waals surface area contributed by atoms with Crippen LogP contribution in [0.1, 0.15) is 5.56 Å². The molecule has 2 aromatic carbocycles. The van der Waals surface area contributed by atoms with E-state index in [1.807, 2.05) is 18.2 Å². The molecule has 0 atom stereocenters. The van der Waals surface area contributed by atoms with Gasteiger partial charge in [0.2, 0.25) is 5.91 Å². The monoisotopic (exact) mass is 467 g/mol. The van der Waals surface area contributed by atoms with E-state index in [1.54, 1.807) is 25.3 Å². The SMILES string of the molecule is COc1ccc(Br)cc1/C=C/C(=O)Nc1cc2c(cc1Br)OCCO2. The summed E-state index contributed by atoms with van der Waals surface area (Å²) >= 11 is 6.84. The highest BCUT2D eigenvalue weighted by molar-refractivity contribution is 9.10. The van der Waals surface area contributed by atoms with Gasteiger partial charge in [0.25, 0.3) is 0 Å². The Morgan fingerprint density at radius 2 is 1.88 bits per heavy atom. The summed E-state index contributed by atoms with van der Waals surface area (Å²) < 4.78 is 18.0. The van der Waals surface area contributed by atoms with Gasteiger partial charge in [0.05, 0.1) is 12.8 Å². The fraction of sp³-hybridized carbons (Fsp3) is 0.167. The molecule has 0 fully saturated rings. The normalized spacial score (nSPS) is 12.9. The number of benzene rings is 2. The Balaban J connectivity index is 1.76. The maximum Gasteiger partial charge on any atom is 0.248 e. The number of anilines is 1. The van der Waals surface area contributed by atoms with E-state index in [0.717, 1.165) is 14.5 Å². The molecule has 0 bridgehead atoms. The van der Waals surface area contributed by atoms with Crippen molar-refractivity contribution in [3.8, 4) is 17.2 Å². The average molecular weight is 469 g/mol. The van der Waals surface area contributed by atoms with Crippen molar-refractivity contribution in [2.24, 2.45) is 0 Å². The number of carbonyl (C=O) groups is 1. The Bertz CT molecular complexity index is 836.